The van der Waals surface area contributed by atoms with Crippen LogP contribution in [0.1, 0.15) is 0 Å². The monoisotopic (exact) mass is 404 g/mol. The minimum atomic E-state index is -0.127. The van der Waals surface area contributed by atoms with Crippen LogP contribution in [0.25, 0.3) is 22.4 Å². The van der Waals surface area contributed by atoms with Crippen LogP contribution >= 0.6 is 23.1 Å². The normalized spacial score (nSPS) is 10.6. The molecule has 0 spiro atoms. The molecule has 0 aliphatic heterocycles. The summed E-state index contributed by atoms with van der Waals surface area (Å²) in [7, 11) is 0. The molecule has 1 amide bonds. The van der Waals surface area contributed by atoms with Crippen molar-refractivity contribution in [1.29, 1.82) is 0 Å². The lowest BCUT2D eigenvalue weighted by molar-refractivity contribution is -0.113. The van der Waals surface area contributed by atoms with Gasteiger partial charge in [0.25, 0.3) is 0 Å². The van der Waals surface area contributed by atoms with Crippen LogP contribution in [-0.4, -0.2) is 26.6 Å². The highest BCUT2D eigenvalue weighted by molar-refractivity contribution is 7.99. The molecule has 0 saturated heterocycles. The second kappa shape index (κ2) is 8.77. The second-order valence-electron chi connectivity index (χ2n) is 5.85. The average Bonchev–Trinajstić information content (AvgIpc) is 3.22. The first-order valence-corrected chi connectivity index (χ1v) is 10.5. The van der Waals surface area contributed by atoms with Crippen LogP contribution in [0.5, 0.6) is 0 Å². The Labute approximate surface area is 170 Å². The third-order valence-corrected chi connectivity index (χ3v) is 5.55. The Bertz CT molecular complexity index is 1050. The van der Waals surface area contributed by atoms with E-state index in [-0.39, 0.29) is 11.7 Å². The van der Waals surface area contributed by atoms with Crippen LogP contribution < -0.4 is 5.32 Å². The van der Waals surface area contributed by atoms with Gasteiger partial charge < -0.3 is 5.32 Å². The summed E-state index contributed by atoms with van der Waals surface area (Å²) in [5.41, 5.74) is 4.20. The molecule has 2 heterocycles. The fourth-order valence-electron chi connectivity index (χ4n) is 2.57. The molecule has 0 aliphatic carbocycles. The first-order chi connectivity index (χ1) is 13.8. The molecule has 0 atom stereocenters. The molecule has 7 heteroatoms. The van der Waals surface area contributed by atoms with Gasteiger partial charge in [-0.1, -0.05) is 66.4 Å². The molecule has 0 unspecified atom stereocenters. The number of amides is 1. The van der Waals surface area contributed by atoms with Crippen molar-refractivity contribution >= 4 is 34.1 Å². The molecule has 2 aromatic carbocycles. The molecule has 5 nitrogen and oxygen atoms in total. The SMILES string of the molecule is O=C(CSc1ncccn1)Nc1nc(-c2ccc(-c3ccccc3)cc2)cs1. The van der Waals surface area contributed by atoms with Gasteiger partial charge in [0, 0.05) is 23.3 Å². The van der Waals surface area contributed by atoms with E-state index in [1.807, 2.05) is 35.7 Å². The van der Waals surface area contributed by atoms with E-state index in [9.17, 15) is 4.79 Å². The Balaban J connectivity index is 1.38. The van der Waals surface area contributed by atoms with E-state index in [1.54, 1.807) is 18.5 Å². The number of rotatable bonds is 6. The van der Waals surface area contributed by atoms with Gasteiger partial charge in [-0.15, -0.1) is 11.3 Å². The van der Waals surface area contributed by atoms with Crippen molar-refractivity contribution in [3.8, 4) is 22.4 Å². The summed E-state index contributed by atoms with van der Waals surface area (Å²) < 4.78 is 0. The largest absolute Gasteiger partial charge is 0.301 e. The zero-order valence-corrected chi connectivity index (χ0v) is 16.4. The Hall–Kier alpha value is -3.03. The maximum absolute atomic E-state index is 12.1. The molecule has 1 N–H and O–H groups in total. The van der Waals surface area contributed by atoms with Gasteiger partial charge in [-0.25, -0.2) is 15.0 Å². The zero-order valence-electron chi connectivity index (χ0n) is 14.8. The molecule has 4 rings (SSSR count). The average molecular weight is 405 g/mol. The summed E-state index contributed by atoms with van der Waals surface area (Å²) in [6.07, 6.45) is 3.31. The van der Waals surface area contributed by atoms with Crippen molar-refractivity contribution in [3.63, 3.8) is 0 Å². The van der Waals surface area contributed by atoms with Crippen molar-refractivity contribution in [3.05, 3.63) is 78.4 Å². The third kappa shape index (κ3) is 4.62. The molecular weight excluding hydrogens is 388 g/mol. The summed E-state index contributed by atoms with van der Waals surface area (Å²) in [5, 5.41) is 5.94. The number of nitrogens with zero attached hydrogens (tertiary/aromatic N) is 3. The Kier molecular flexibility index (Phi) is 5.75. The maximum Gasteiger partial charge on any atom is 0.236 e. The van der Waals surface area contributed by atoms with Crippen LogP contribution in [0.4, 0.5) is 5.13 Å². The maximum atomic E-state index is 12.1. The lowest BCUT2D eigenvalue weighted by atomic mass is 10.0. The molecular formula is C21H16N4OS2. The number of anilines is 1. The summed E-state index contributed by atoms with van der Waals surface area (Å²) >= 11 is 2.70. The van der Waals surface area contributed by atoms with E-state index in [1.165, 1.54) is 28.7 Å². The number of hydrogen-bond donors (Lipinski definition) is 1. The first-order valence-electron chi connectivity index (χ1n) is 8.59. The quantitative estimate of drug-likeness (QED) is 0.362. The second-order valence-corrected chi connectivity index (χ2v) is 7.65. The van der Waals surface area contributed by atoms with Crippen molar-refractivity contribution in [2.75, 3.05) is 11.1 Å². The third-order valence-electron chi connectivity index (χ3n) is 3.91. The van der Waals surface area contributed by atoms with Crippen LogP contribution in [-0.2, 0) is 4.79 Å². The molecule has 4 aromatic rings. The van der Waals surface area contributed by atoms with Gasteiger partial charge in [-0.2, -0.15) is 0 Å². The van der Waals surface area contributed by atoms with Crippen molar-refractivity contribution in [2.45, 2.75) is 5.16 Å². The van der Waals surface area contributed by atoms with Gasteiger partial charge in [0.15, 0.2) is 10.3 Å². The van der Waals surface area contributed by atoms with E-state index >= 15 is 0 Å². The van der Waals surface area contributed by atoms with Crippen LogP contribution in [0.15, 0.2) is 83.6 Å². The highest BCUT2D eigenvalue weighted by Gasteiger charge is 2.09. The minimum absolute atomic E-state index is 0.127. The lowest BCUT2D eigenvalue weighted by Gasteiger charge is -2.03. The summed E-state index contributed by atoms with van der Waals surface area (Å²) in [6.45, 7) is 0. The predicted octanol–water partition coefficient (Wildman–Crippen LogP) is 5.00. The zero-order chi connectivity index (χ0) is 19.2. The van der Waals surface area contributed by atoms with Crippen molar-refractivity contribution < 1.29 is 4.79 Å². The van der Waals surface area contributed by atoms with Crippen LogP contribution in [0.3, 0.4) is 0 Å². The molecule has 0 saturated carbocycles. The number of benzene rings is 2. The summed E-state index contributed by atoms with van der Waals surface area (Å²) in [4.78, 5) is 24.8. The number of carbonyl (C=O) groups is 1. The molecule has 28 heavy (non-hydrogen) atoms. The first kappa shape index (κ1) is 18.3. The van der Waals surface area contributed by atoms with Crippen LogP contribution in [0.2, 0.25) is 0 Å². The Morgan fingerprint density at radius 1 is 0.893 bits per heavy atom. The highest BCUT2D eigenvalue weighted by atomic mass is 32.2. The van der Waals surface area contributed by atoms with E-state index in [2.05, 4.69) is 44.5 Å². The summed E-state index contributed by atoms with van der Waals surface area (Å²) in [6, 6.07) is 20.2. The van der Waals surface area contributed by atoms with E-state index in [0.29, 0.717) is 10.3 Å². The van der Waals surface area contributed by atoms with Gasteiger partial charge in [0.1, 0.15) is 0 Å². The fraction of sp³-hybridized carbons (Fsp3) is 0.0476. The molecule has 0 aliphatic rings. The molecule has 0 fully saturated rings. The molecule has 0 radical (unpaired) electrons. The Morgan fingerprint density at radius 2 is 1.57 bits per heavy atom. The topological polar surface area (TPSA) is 67.8 Å². The van der Waals surface area contributed by atoms with E-state index in [0.717, 1.165) is 16.8 Å². The number of thiazole rings is 1. The number of thioether (sulfide) groups is 1. The molecule has 0 bridgehead atoms. The van der Waals surface area contributed by atoms with Gasteiger partial charge in [0.05, 0.1) is 11.4 Å². The molecule has 138 valence electrons. The fourth-order valence-corrected chi connectivity index (χ4v) is 3.91. The minimum Gasteiger partial charge on any atom is -0.301 e. The highest BCUT2D eigenvalue weighted by Crippen LogP contribution is 2.27. The van der Waals surface area contributed by atoms with Gasteiger partial charge >= 0.3 is 0 Å². The van der Waals surface area contributed by atoms with Crippen LogP contribution in [0, 0.1) is 0 Å². The van der Waals surface area contributed by atoms with Gasteiger partial charge in [-0.05, 0) is 17.2 Å². The predicted molar refractivity (Wildman–Crippen MR) is 114 cm³/mol. The number of nitrogens with one attached hydrogen (secondary N) is 1. The number of aromatic nitrogens is 3. The van der Waals surface area contributed by atoms with Crippen molar-refractivity contribution in [2.24, 2.45) is 0 Å². The van der Waals surface area contributed by atoms with Gasteiger partial charge in [0.2, 0.25) is 5.91 Å². The van der Waals surface area contributed by atoms with Gasteiger partial charge in [-0.3, -0.25) is 4.79 Å². The number of carbonyl (C=O) groups excluding carboxylic acids is 1. The lowest BCUT2D eigenvalue weighted by Crippen LogP contribution is -2.14. The van der Waals surface area contributed by atoms with E-state index < -0.39 is 0 Å². The Morgan fingerprint density at radius 3 is 2.32 bits per heavy atom. The van der Waals surface area contributed by atoms with Crippen molar-refractivity contribution in [1.82, 2.24) is 15.0 Å². The molecule has 2 aromatic heterocycles. The summed E-state index contributed by atoms with van der Waals surface area (Å²) in [5.74, 6) is 0.114. The standard InChI is InChI=1S/C21H16N4OS2/c26-19(14-28-20-22-11-4-12-23-20)25-21-24-18(13-27-21)17-9-7-16(8-10-17)15-5-2-1-3-6-15/h1-13H,14H2,(H,24,25,26). The van der Waals surface area contributed by atoms with E-state index in [4.69, 9.17) is 0 Å². The number of hydrogen-bond acceptors (Lipinski definition) is 6. The smallest absolute Gasteiger partial charge is 0.236 e.